The van der Waals surface area contributed by atoms with Gasteiger partial charge in [0.2, 0.25) is 5.72 Å². The number of aliphatic hydroxyl groups is 2. The highest BCUT2D eigenvalue weighted by Gasteiger charge is 2.63. The van der Waals surface area contributed by atoms with E-state index in [1.165, 1.54) is 36.8 Å². The topological polar surface area (TPSA) is 99.1 Å². The highest BCUT2D eigenvalue weighted by Crippen LogP contribution is 2.68. The number of carbonyl (C=O) groups is 1. The molecule has 0 bridgehead atoms. The maximum absolute atomic E-state index is 13.7. The van der Waals surface area contributed by atoms with Crippen molar-refractivity contribution in [3.8, 4) is 6.07 Å². The first-order chi connectivity index (χ1) is 15.4. The van der Waals surface area contributed by atoms with E-state index < -0.39 is 11.3 Å². The van der Waals surface area contributed by atoms with E-state index in [1.54, 1.807) is 0 Å². The van der Waals surface area contributed by atoms with Crippen LogP contribution in [0.25, 0.3) is 0 Å². The second kappa shape index (κ2) is 7.39. The molecule has 4 aliphatic rings. The van der Waals surface area contributed by atoms with Gasteiger partial charge in [0, 0.05) is 12.1 Å². The number of hydrogen-bond donors (Lipinski definition) is 2. The van der Waals surface area contributed by atoms with Gasteiger partial charge in [-0.2, -0.15) is 10.4 Å². The third-order valence-corrected chi connectivity index (χ3v) is 10.9. The number of rotatable bonds is 3. The van der Waals surface area contributed by atoms with Gasteiger partial charge in [0.05, 0.1) is 17.4 Å². The Morgan fingerprint density at radius 2 is 1.85 bits per heavy atom. The van der Waals surface area contributed by atoms with Crippen LogP contribution in [0.5, 0.6) is 0 Å². The molecule has 6 heteroatoms. The molecule has 5 rings (SSSR count). The van der Waals surface area contributed by atoms with Gasteiger partial charge in [0.25, 0.3) is 0 Å². The average Bonchev–Trinajstić information content (AvgIpc) is 3.38. The Morgan fingerprint density at radius 1 is 1.12 bits per heavy atom. The molecule has 4 saturated carbocycles. The molecule has 0 unspecified atom stereocenters. The van der Waals surface area contributed by atoms with Crippen LogP contribution in [0.1, 0.15) is 91.0 Å². The van der Waals surface area contributed by atoms with Crippen molar-refractivity contribution in [2.45, 2.75) is 96.8 Å². The number of ketones is 1. The van der Waals surface area contributed by atoms with Gasteiger partial charge < -0.3 is 10.2 Å². The van der Waals surface area contributed by atoms with Crippen LogP contribution >= 0.6 is 0 Å². The Bertz CT molecular complexity index is 991. The van der Waals surface area contributed by atoms with Crippen molar-refractivity contribution in [1.82, 2.24) is 9.78 Å². The monoisotopic (exact) mass is 453 g/mol. The molecule has 0 saturated heterocycles. The summed E-state index contributed by atoms with van der Waals surface area (Å²) in [4.78, 5) is 13.7. The van der Waals surface area contributed by atoms with Crippen molar-refractivity contribution in [3.63, 3.8) is 0 Å². The summed E-state index contributed by atoms with van der Waals surface area (Å²) in [5, 5.41) is 35.2. The summed E-state index contributed by atoms with van der Waals surface area (Å²) in [5.41, 5.74) is -1.73. The van der Waals surface area contributed by atoms with E-state index >= 15 is 0 Å². The lowest BCUT2D eigenvalue weighted by molar-refractivity contribution is -0.165. The van der Waals surface area contributed by atoms with Crippen molar-refractivity contribution < 1.29 is 15.0 Å². The fraction of sp³-hybridized carbons (Fsp3) is 0.815. The molecule has 0 amide bonds. The fourth-order valence-electron chi connectivity index (χ4n) is 8.92. The normalized spacial score (nSPS) is 46.4. The van der Waals surface area contributed by atoms with Crippen LogP contribution in [0.4, 0.5) is 0 Å². The summed E-state index contributed by atoms with van der Waals surface area (Å²) in [6, 6.07) is 2.02. The molecule has 4 fully saturated rings. The third kappa shape index (κ3) is 3.33. The summed E-state index contributed by atoms with van der Waals surface area (Å²) >= 11 is 0. The second-order valence-electron chi connectivity index (χ2n) is 12.7. The predicted molar refractivity (Wildman–Crippen MR) is 124 cm³/mol. The smallest absolute Gasteiger partial charge is 0.214 e. The van der Waals surface area contributed by atoms with E-state index in [-0.39, 0.29) is 17.1 Å². The number of hydrogen-bond acceptors (Lipinski definition) is 5. The summed E-state index contributed by atoms with van der Waals surface area (Å²) in [6.45, 7) is 8.31. The summed E-state index contributed by atoms with van der Waals surface area (Å²) in [6.07, 6.45) is 12.2. The van der Waals surface area contributed by atoms with E-state index in [4.69, 9.17) is 5.26 Å². The van der Waals surface area contributed by atoms with E-state index in [0.717, 1.165) is 44.9 Å². The minimum absolute atomic E-state index is 0.100. The molecule has 2 N–H and O–H groups in total. The van der Waals surface area contributed by atoms with Crippen LogP contribution in [0, 0.1) is 51.8 Å². The minimum atomic E-state index is -1.74. The van der Waals surface area contributed by atoms with Crippen molar-refractivity contribution in [2.75, 3.05) is 0 Å². The van der Waals surface area contributed by atoms with Crippen LogP contribution in [0.3, 0.4) is 0 Å². The lowest BCUT2D eigenvalue weighted by Gasteiger charge is -2.62. The molecule has 4 aliphatic carbocycles. The number of nitriles is 1. The van der Waals surface area contributed by atoms with Gasteiger partial charge in [-0.15, -0.1) is 0 Å². The zero-order chi connectivity index (χ0) is 23.8. The molecule has 0 radical (unpaired) electrons. The van der Waals surface area contributed by atoms with E-state index in [0.29, 0.717) is 34.7 Å². The Hall–Kier alpha value is -1.71. The molecule has 9 atom stereocenters. The molecule has 33 heavy (non-hydrogen) atoms. The Balaban J connectivity index is 1.39. The average molecular weight is 454 g/mol. The van der Waals surface area contributed by atoms with E-state index in [1.807, 2.05) is 13.0 Å². The van der Waals surface area contributed by atoms with Crippen LogP contribution < -0.4 is 0 Å². The first-order valence-corrected chi connectivity index (χ1v) is 12.9. The number of Topliss-reactive ketones (excluding diaryl/α,β-unsaturated/α-hetero) is 1. The second-order valence-corrected chi connectivity index (χ2v) is 12.7. The lowest BCUT2D eigenvalue weighted by Crippen LogP contribution is -2.56. The van der Waals surface area contributed by atoms with Gasteiger partial charge in [0.15, 0.2) is 5.78 Å². The van der Waals surface area contributed by atoms with Crippen LogP contribution in [0.2, 0.25) is 0 Å². The molecular weight excluding hydrogens is 414 g/mol. The van der Waals surface area contributed by atoms with Crippen LogP contribution in [0.15, 0.2) is 12.4 Å². The van der Waals surface area contributed by atoms with E-state index in [2.05, 4.69) is 18.9 Å². The molecule has 0 spiro atoms. The number of nitrogens with zero attached hydrogens (tertiary/aromatic N) is 3. The van der Waals surface area contributed by atoms with Gasteiger partial charge in [-0.3, -0.25) is 4.79 Å². The standard InChI is InChI=1S/C27H39N3O3/c1-24(32)11-12-25(2)18(13-24)5-6-19-20-7-8-22(26(20,3)10-9-21(19)25)23(31)27(4,33)30-16-17(14-28)15-29-30/h15-16,18-22,32-33H,5-13H2,1-4H3/t18-,19+,20+,21+,22-,24-,25+,26+,27+/m1/s1. The number of fused-ring (bicyclic) bond motifs is 5. The summed E-state index contributed by atoms with van der Waals surface area (Å²) in [7, 11) is 0. The molecule has 0 aliphatic heterocycles. The Kier molecular flexibility index (Phi) is 5.16. The Morgan fingerprint density at radius 3 is 2.55 bits per heavy atom. The molecule has 1 aromatic rings. The van der Waals surface area contributed by atoms with Gasteiger partial charge in [0.1, 0.15) is 6.07 Å². The fourth-order valence-corrected chi connectivity index (χ4v) is 8.92. The van der Waals surface area contributed by atoms with Gasteiger partial charge >= 0.3 is 0 Å². The molecule has 6 nitrogen and oxygen atoms in total. The molecule has 1 aromatic heterocycles. The molecular formula is C27H39N3O3. The summed E-state index contributed by atoms with van der Waals surface area (Å²) in [5.74, 6) is 2.06. The lowest BCUT2D eigenvalue weighted by atomic mass is 9.44. The first kappa shape index (κ1) is 23.1. The molecule has 0 aromatic carbocycles. The highest BCUT2D eigenvalue weighted by molar-refractivity contribution is 5.87. The number of carbonyl (C=O) groups excluding carboxylic acids is 1. The first-order valence-electron chi connectivity index (χ1n) is 12.9. The van der Waals surface area contributed by atoms with E-state index in [9.17, 15) is 15.0 Å². The summed E-state index contributed by atoms with van der Waals surface area (Å²) < 4.78 is 1.26. The van der Waals surface area contributed by atoms with Gasteiger partial charge in [-0.05, 0) is 106 Å². The molecule has 180 valence electrons. The number of aromatic nitrogens is 2. The molecule has 1 heterocycles. The van der Waals surface area contributed by atoms with Gasteiger partial charge in [-0.25, -0.2) is 4.68 Å². The van der Waals surface area contributed by atoms with Crippen molar-refractivity contribution in [3.05, 3.63) is 18.0 Å². The zero-order valence-electron chi connectivity index (χ0n) is 20.5. The Labute approximate surface area is 197 Å². The largest absolute Gasteiger partial charge is 0.390 e. The third-order valence-electron chi connectivity index (χ3n) is 10.9. The predicted octanol–water partition coefficient (Wildman–Crippen LogP) is 4.40. The van der Waals surface area contributed by atoms with Crippen molar-refractivity contribution >= 4 is 5.78 Å². The van der Waals surface area contributed by atoms with Crippen LogP contribution in [-0.2, 0) is 10.5 Å². The minimum Gasteiger partial charge on any atom is -0.390 e. The maximum atomic E-state index is 13.7. The highest BCUT2D eigenvalue weighted by atomic mass is 16.3. The maximum Gasteiger partial charge on any atom is 0.214 e. The van der Waals surface area contributed by atoms with Gasteiger partial charge in [-0.1, -0.05) is 13.8 Å². The van der Waals surface area contributed by atoms with Crippen molar-refractivity contribution in [1.29, 1.82) is 5.26 Å². The van der Waals surface area contributed by atoms with Crippen LogP contribution in [-0.4, -0.2) is 31.4 Å². The zero-order valence-corrected chi connectivity index (χ0v) is 20.5. The van der Waals surface area contributed by atoms with Crippen molar-refractivity contribution in [2.24, 2.45) is 40.4 Å². The SMILES string of the molecule is C[C@@]1(O)CC[C@@]2(C)[C@H](CC[C@@H]3[C@@H]2CC[C@]2(C)[C@@H](C(=O)[C@](C)(O)n4cc(C#N)cn4)CC[C@@H]32)C1. The quantitative estimate of drug-likeness (QED) is 0.707.